The number of alkyl carbamates (subject to hydrolysis) is 1. The first kappa shape index (κ1) is 121. The van der Waals surface area contributed by atoms with Crippen LogP contribution in [0.25, 0.3) is 5.69 Å². The van der Waals surface area contributed by atoms with Crippen molar-refractivity contribution in [2.45, 2.75) is 298 Å². The number of nitrogens with zero attached hydrogens (tertiary/aromatic N) is 4. The minimum absolute atomic E-state index is 0. The fraction of sp³-hybridized carbons (Fsp3) is 0.538. The number of aliphatic hydroxyl groups excluding tert-OH is 4. The van der Waals surface area contributed by atoms with E-state index in [1.54, 1.807) is 126 Å². The molecule has 680 valence electrons. The molecule has 122 heavy (non-hydrogen) atoms. The van der Waals surface area contributed by atoms with Crippen LogP contribution in [-0.4, -0.2) is 154 Å². The van der Waals surface area contributed by atoms with Gasteiger partial charge in [-0.25, -0.2) is 40.4 Å². The quantitative estimate of drug-likeness (QED) is 0.0100. The summed E-state index contributed by atoms with van der Waals surface area (Å²) in [5.74, 6) is 1.10. The first-order valence-corrected chi connectivity index (χ1v) is 48.0. The van der Waals surface area contributed by atoms with Crippen molar-refractivity contribution >= 4 is 116 Å². The molecule has 3 aliphatic rings. The number of nitrogens with one attached hydrogen (secondary N) is 2. The second-order valence-corrected chi connectivity index (χ2v) is 46.5. The summed E-state index contributed by atoms with van der Waals surface area (Å²) in [6, 6.07) is 50.9. The zero-order valence-electron chi connectivity index (χ0n) is 78.4. The van der Waals surface area contributed by atoms with Crippen LogP contribution in [0.4, 0.5) is 25.0 Å². The third-order valence-corrected chi connectivity index (χ3v) is 23.4. The fourth-order valence-corrected chi connectivity index (χ4v) is 12.3. The largest absolute Gasteiger partial charge is 2.00 e. The molecule has 0 bridgehead atoms. The van der Waals surface area contributed by atoms with Crippen molar-refractivity contribution in [3.8, 4) is 5.69 Å². The van der Waals surface area contributed by atoms with Crippen molar-refractivity contribution in [2.24, 2.45) is 27.3 Å². The van der Waals surface area contributed by atoms with Crippen molar-refractivity contribution < 1.29 is 89.2 Å². The molecule has 0 saturated heterocycles. The Kier molecular flexibility index (Phi) is 58.8. The molecule has 0 radical (unpaired) electrons. The fourth-order valence-electron chi connectivity index (χ4n) is 9.82. The summed E-state index contributed by atoms with van der Waals surface area (Å²) in [4.78, 5) is 34.6. The molecule has 0 spiro atoms. The number of halogens is 3. The maximum absolute atomic E-state index is 13.9. The van der Waals surface area contributed by atoms with E-state index in [1.807, 2.05) is 159 Å². The zero-order valence-corrected chi connectivity index (χ0v) is 85.5. The van der Waals surface area contributed by atoms with Gasteiger partial charge in [-0.1, -0.05) is 167 Å². The first-order chi connectivity index (χ1) is 55.0. The van der Waals surface area contributed by atoms with Crippen LogP contribution >= 0.6 is 17.0 Å². The van der Waals surface area contributed by atoms with Gasteiger partial charge >= 0.3 is 35.1 Å². The zero-order chi connectivity index (χ0) is 91.0. The van der Waals surface area contributed by atoms with E-state index in [1.165, 1.54) is 67.8 Å². The number of rotatable bonds is 22. The van der Waals surface area contributed by atoms with Crippen LogP contribution in [0.15, 0.2) is 162 Å². The van der Waals surface area contributed by atoms with Crippen LogP contribution in [-0.2, 0) is 71.5 Å². The summed E-state index contributed by atoms with van der Waals surface area (Å²) < 4.78 is 78.5. The number of benzene rings is 6. The topological polar surface area (TPSA) is 322 Å². The number of Topliss-reactive ketones (excluding diaryl/α,β-unsaturated/α-hetero) is 1. The number of aryl methyl sites for hydroxylation is 1. The molecule has 3 fully saturated rings. The molecule has 1 amide bonds. The van der Waals surface area contributed by atoms with Crippen molar-refractivity contribution in [2.75, 3.05) is 17.3 Å². The van der Waals surface area contributed by atoms with E-state index in [0.717, 1.165) is 83.4 Å². The van der Waals surface area contributed by atoms with E-state index in [4.69, 9.17) is 36.0 Å². The summed E-state index contributed by atoms with van der Waals surface area (Å²) >= 11 is 0. The van der Waals surface area contributed by atoms with Gasteiger partial charge in [0, 0.05) is 70.5 Å². The van der Waals surface area contributed by atoms with Crippen molar-refractivity contribution in [1.82, 2.24) is 19.8 Å². The Labute approximate surface area is 782 Å². The number of ketones is 1. The summed E-state index contributed by atoms with van der Waals surface area (Å²) in [6.07, 6.45) is 12.5. The second kappa shape index (κ2) is 59.5. The molecule has 7 aromatic rings. The Morgan fingerprint density at radius 3 is 1.50 bits per heavy atom. The SMILES string of the molecule is Br.CC(C)(C)S(=O)N=C(CCC1CC1)c1ccccc1.CC(C)(C)[S@@](N)=O.CC(C)(C)[S@](=O)NC(CCC1CC1)(c1ccccc1)c1ccc(F)c(N)c1.CC(C)O.CC(C)O.CC(C)O.CC(C)O.CN(c1c[c-]ccc1F)[Si](C)(C)C.Cc1cc(C(=O)O)n(-c2cccc(CNC(=O)OC(C)(C)C)c2)n1.O=C(CCC1CC1)c1ccccc1.[H-].[Mg+2].[Ti]. The molecule has 29 heteroatoms. The second-order valence-electron chi connectivity index (χ2n) is 35.8. The van der Waals surface area contributed by atoms with Gasteiger partial charge in [0.15, 0.2) is 11.5 Å². The average molecular weight is 1880 g/mol. The van der Waals surface area contributed by atoms with Crippen LogP contribution in [0, 0.1) is 42.4 Å². The molecule has 6 aromatic carbocycles. The van der Waals surface area contributed by atoms with Gasteiger partial charge in [-0.2, -0.15) is 27.7 Å². The Hall–Kier alpha value is -5.54. The van der Waals surface area contributed by atoms with Gasteiger partial charge in [0.25, 0.3) is 0 Å². The van der Waals surface area contributed by atoms with E-state index in [2.05, 4.69) is 57.4 Å². The van der Waals surface area contributed by atoms with Crippen LogP contribution in [0.2, 0.25) is 19.6 Å². The number of amides is 1. The molecule has 10 rings (SSSR count). The molecule has 3 saturated carbocycles. The summed E-state index contributed by atoms with van der Waals surface area (Å²) in [5.41, 5.74) is 12.4. The van der Waals surface area contributed by atoms with E-state index in [0.29, 0.717) is 22.9 Å². The van der Waals surface area contributed by atoms with Gasteiger partial charge in [-0.3, -0.25) is 9.93 Å². The van der Waals surface area contributed by atoms with E-state index in [-0.39, 0.29) is 121 Å². The number of nitrogen functional groups attached to an aromatic ring is 1. The van der Waals surface area contributed by atoms with Gasteiger partial charge in [0.1, 0.15) is 30.6 Å². The normalized spacial score (nSPS) is 14.1. The third-order valence-electron chi connectivity index (χ3n) is 16.9. The van der Waals surface area contributed by atoms with Crippen molar-refractivity contribution in [3.63, 3.8) is 0 Å². The minimum Gasteiger partial charge on any atom is -1.00 e. The number of carboxylic acid groups (broad SMARTS) is 1. The number of nitrogens with two attached hydrogens (primary N) is 2. The van der Waals surface area contributed by atoms with Gasteiger partial charge in [-0.05, 0) is 261 Å². The summed E-state index contributed by atoms with van der Waals surface area (Å²) in [5, 5.41) is 53.4. The standard InChI is InChI=1S/C22H29FN2OS.C17H21N3O4.C16H23NOS.C12H14O.C10H15FNSi.C4H11NOS.4C3H8O.BrH.Mg.Ti.H/c1-21(2,3)27(26)25-22(14-13-16-9-10-16,17-7-5-4-6-8-17)18-11-12-19(23)20(24)15-18;1-11-8-14(15(21)22)20(19-11)13-7-5-6-12(9-13)10-18-16(23)24-17(2,3)4;1-16(2,3)19(18)17-15(12-11-13-9-10-13)14-7-5-4-6-8-14;13-12(9-8-10-6-7-10)11-4-2-1-3-5-11;1-12(13(2,3)4)10-8-6-5-7-9(10)11;1-4(2,3)7(5)6;4*1-3(2)4;;;;/h4-8,11-12,15-16,25H,9-10,13-14,24H2,1-3H3;5-9H,10H2,1-4H3,(H,18,23)(H,21,22);4-8,13H,9-12H2,1-3H3;1-5,10H,6-9H2;5,7-8H,1-4H3;5H2,1-3H3;4*3-4H,1-2H3;1H;;;/q;;;;-1;;;;;;;+2;;-1/t22?,27-;;;;;7-;;;;;;;;/m0....0......../s1. The first-order valence-electron chi connectivity index (χ1n) is 41.1. The molecule has 11 N–H and O–H groups in total. The minimum atomic E-state index is -1.46. The molecule has 0 aliphatic heterocycles. The van der Waals surface area contributed by atoms with Crippen LogP contribution in [0.1, 0.15) is 266 Å². The van der Waals surface area contributed by atoms with Gasteiger partial charge in [0.05, 0.1) is 64.5 Å². The number of hydrogen-bond acceptors (Lipinski definition) is 14. The van der Waals surface area contributed by atoms with Crippen molar-refractivity contribution in [3.05, 3.63) is 215 Å². The maximum Gasteiger partial charge on any atom is 2.00 e. The van der Waals surface area contributed by atoms with E-state index in [9.17, 15) is 40.9 Å². The molecule has 20 nitrogen and oxygen atoms in total. The number of carbonyl (C=O) groups is 3. The molecule has 3 aliphatic carbocycles. The van der Waals surface area contributed by atoms with Gasteiger partial charge < -0.3 is 47.3 Å². The molecular formula is C93H147BrF2MgN8O12S3SiTi. The molecule has 4 atom stereocenters. The number of anilines is 2. The predicted molar refractivity (Wildman–Crippen MR) is 511 cm³/mol. The number of aliphatic hydroxyl groups is 4. The molecule has 1 aromatic heterocycles. The van der Waals surface area contributed by atoms with Crippen molar-refractivity contribution in [1.29, 1.82) is 0 Å². The van der Waals surface area contributed by atoms with Gasteiger partial charge in [0.2, 0.25) is 0 Å². The predicted octanol–water partition coefficient (Wildman–Crippen LogP) is 20.1. The number of carbonyl (C=O) groups excluding carboxylic acids is 2. The molecule has 1 heterocycles. The van der Waals surface area contributed by atoms with E-state index >= 15 is 0 Å². The van der Waals surface area contributed by atoms with Crippen LogP contribution < -0.4 is 25.5 Å². The molecule has 2 unspecified atom stereocenters. The third kappa shape index (κ3) is 54.5. The smallest absolute Gasteiger partial charge is 1.00 e. The summed E-state index contributed by atoms with van der Waals surface area (Å²) in [7, 11) is -3.17. The Morgan fingerprint density at radius 1 is 0.639 bits per heavy atom. The van der Waals surface area contributed by atoms with Crippen LogP contribution in [0.3, 0.4) is 0 Å². The molecular weight excluding hydrogens is 1740 g/mol. The maximum atomic E-state index is 13.9. The number of aromatic carboxylic acids is 1. The summed E-state index contributed by atoms with van der Waals surface area (Å²) in [6.45, 7) is 45.0. The number of carboxylic acids is 1. The Morgan fingerprint density at radius 2 is 1.09 bits per heavy atom. The van der Waals surface area contributed by atoms with E-state index < -0.39 is 75.0 Å². The average Bonchev–Trinajstić information content (AvgIpc) is 0.867. The van der Waals surface area contributed by atoms with Gasteiger partial charge in [-0.15, -0.1) is 23.0 Å². The number of aromatic nitrogens is 2. The Balaban J connectivity index is -0.000000681. The van der Waals surface area contributed by atoms with Crippen LogP contribution in [0.5, 0.6) is 0 Å². The Bertz CT molecular complexity index is 4180. The monoisotopic (exact) mass is 1880 g/mol. The number of ether oxygens (including phenoxy) is 1. The number of hydrogen-bond donors (Lipinski definition) is 9.